The molecule has 1 spiro atoms. The van der Waals surface area contributed by atoms with Gasteiger partial charge in [0.2, 0.25) is 10.0 Å². The minimum Gasteiger partial charge on any atom is -0.486 e. The van der Waals surface area contributed by atoms with Gasteiger partial charge in [-0.05, 0) is 36.6 Å². The normalized spacial score (nSPS) is 23.0. The number of pyridine rings is 1. The molecular weight excluding hydrogens is 338 g/mol. The van der Waals surface area contributed by atoms with Gasteiger partial charge in [0.1, 0.15) is 22.3 Å². The summed E-state index contributed by atoms with van der Waals surface area (Å²) in [5.41, 5.74) is 0.600. The van der Waals surface area contributed by atoms with Crippen molar-refractivity contribution in [1.82, 2.24) is 9.29 Å². The maximum atomic E-state index is 13.0. The number of rotatable bonds is 2. The van der Waals surface area contributed by atoms with E-state index in [1.807, 2.05) is 30.3 Å². The molecule has 2 aliphatic rings. The summed E-state index contributed by atoms with van der Waals surface area (Å²) in [4.78, 5) is 3.83. The quantitative estimate of drug-likeness (QED) is 0.824. The Balaban J connectivity index is 1.62. The maximum Gasteiger partial charge on any atom is 0.246 e. The van der Waals surface area contributed by atoms with Crippen molar-refractivity contribution in [1.29, 1.82) is 5.26 Å². The molecule has 1 fully saturated rings. The third kappa shape index (κ3) is 2.68. The minimum atomic E-state index is -3.77. The average molecular weight is 355 g/mol. The van der Waals surface area contributed by atoms with Crippen LogP contribution >= 0.6 is 0 Å². The van der Waals surface area contributed by atoms with Crippen molar-refractivity contribution in [2.24, 2.45) is 0 Å². The topological polar surface area (TPSA) is 83.3 Å². The number of nitriles is 1. The molecule has 0 radical (unpaired) electrons. The predicted octanol–water partition coefficient (Wildman–Crippen LogP) is 2.11. The summed E-state index contributed by atoms with van der Waals surface area (Å²) in [7, 11) is -3.77. The van der Waals surface area contributed by atoms with Crippen molar-refractivity contribution in [3.05, 3.63) is 53.9 Å². The Bertz CT molecular complexity index is 968. The molecule has 1 saturated heterocycles. The van der Waals surface area contributed by atoms with E-state index in [1.54, 1.807) is 0 Å². The predicted molar refractivity (Wildman–Crippen MR) is 90.4 cm³/mol. The number of fused-ring (bicyclic) bond motifs is 1. The van der Waals surface area contributed by atoms with Crippen LogP contribution in [0.5, 0.6) is 5.75 Å². The molecule has 0 aliphatic carbocycles. The van der Waals surface area contributed by atoms with Crippen LogP contribution in [0.25, 0.3) is 0 Å². The summed E-state index contributed by atoms with van der Waals surface area (Å²) in [6, 6.07) is 12.7. The zero-order chi connectivity index (χ0) is 17.5. The molecule has 0 amide bonds. The number of ether oxygens (including phenoxy) is 1. The van der Waals surface area contributed by atoms with Crippen LogP contribution in [0.1, 0.15) is 24.1 Å². The van der Waals surface area contributed by atoms with E-state index in [4.69, 9.17) is 10.00 Å². The molecule has 2 aromatic rings. The van der Waals surface area contributed by atoms with Gasteiger partial charge >= 0.3 is 0 Å². The SMILES string of the molecule is N#Cc1ncccc1S(=O)(=O)N1CCC2(CCc3ccccc3O2)C1. The summed E-state index contributed by atoms with van der Waals surface area (Å²) >= 11 is 0. The van der Waals surface area contributed by atoms with Crippen molar-refractivity contribution in [2.75, 3.05) is 13.1 Å². The van der Waals surface area contributed by atoms with E-state index in [9.17, 15) is 8.42 Å². The van der Waals surface area contributed by atoms with E-state index in [0.29, 0.717) is 19.5 Å². The summed E-state index contributed by atoms with van der Waals surface area (Å²) < 4.78 is 33.6. The van der Waals surface area contributed by atoms with Crippen LogP contribution in [0.15, 0.2) is 47.5 Å². The molecule has 1 unspecified atom stereocenters. The largest absolute Gasteiger partial charge is 0.486 e. The van der Waals surface area contributed by atoms with Gasteiger partial charge in [0, 0.05) is 19.2 Å². The van der Waals surface area contributed by atoms with E-state index in [1.165, 1.54) is 22.6 Å². The third-order valence-electron chi connectivity index (χ3n) is 4.92. The Morgan fingerprint density at radius 1 is 1.20 bits per heavy atom. The van der Waals surface area contributed by atoms with E-state index in [2.05, 4.69) is 4.98 Å². The van der Waals surface area contributed by atoms with Crippen LogP contribution in [0.3, 0.4) is 0 Å². The summed E-state index contributed by atoms with van der Waals surface area (Å²) in [5.74, 6) is 0.840. The van der Waals surface area contributed by atoms with Gasteiger partial charge in [0.15, 0.2) is 5.69 Å². The zero-order valence-electron chi connectivity index (χ0n) is 13.6. The molecule has 1 aromatic heterocycles. The maximum absolute atomic E-state index is 13.0. The Labute approximate surface area is 146 Å². The lowest BCUT2D eigenvalue weighted by Crippen LogP contribution is -2.43. The van der Waals surface area contributed by atoms with Gasteiger partial charge in [0.05, 0.1) is 6.54 Å². The van der Waals surface area contributed by atoms with Crippen LogP contribution in [-0.4, -0.2) is 36.4 Å². The molecular formula is C18H17N3O3S. The Kier molecular flexibility index (Phi) is 3.74. The van der Waals surface area contributed by atoms with Gasteiger partial charge in [-0.15, -0.1) is 0 Å². The van der Waals surface area contributed by atoms with E-state index in [-0.39, 0.29) is 10.6 Å². The van der Waals surface area contributed by atoms with Crippen molar-refractivity contribution in [3.8, 4) is 11.8 Å². The molecule has 1 atom stereocenters. The van der Waals surface area contributed by atoms with Gasteiger partial charge in [-0.2, -0.15) is 9.57 Å². The zero-order valence-corrected chi connectivity index (χ0v) is 14.4. The first-order valence-corrected chi connectivity index (χ1v) is 9.60. The molecule has 0 bridgehead atoms. The van der Waals surface area contributed by atoms with Crippen LogP contribution in [0.4, 0.5) is 0 Å². The van der Waals surface area contributed by atoms with Crippen LogP contribution in [0, 0.1) is 11.3 Å². The molecule has 4 rings (SSSR count). The summed E-state index contributed by atoms with van der Waals surface area (Å²) in [6.45, 7) is 0.674. The summed E-state index contributed by atoms with van der Waals surface area (Å²) in [6.07, 6.45) is 3.72. The fourth-order valence-corrected chi connectivity index (χ4v) is 5.19. The average Bonchev–Trinajstić information content (AvgIpc) is 3.06. The molecule has 7 heteroatoms. The Morgan fingerprint density at radius 2 is 2.04 bits per heavy atom. The van der Waals surface area contributed by atoms with Crippen molar-refractivity contribution in [3.63, 3.8) is 0 Å². The van der Waals surface area contributed by atoms with E-state index < -0.39 is 15.6 Å². The highest BCUT2D eigenvalue weighted by Gasteiger charge is 2.46. The van der Waals surface area contributed by atoms with Crippen LogP contribution < -0.4 is 4.74 Å². The molecule has 25 heavy (non-hydrogen) atoms. The first kappa shape index (κ1) is 16.1. The van der Waals surface area contributed by atoms with Crippen LogP contribution in [-0.2, 0) is 16.4 Å². The lowest BCUT2D eigenvalue weighted by atomic mass is 9.90. The van der Waals surface area contributed by atoms with Crippen molar-refractivity contribution < 1.29 is 13.2 Å². The first-order valence-electron chi connectivity index (χ1n) is 8.16. The first-order chi connectivity index (χ1) is 12.0. The number of nitrogens with zero attached hydrogens (tertiary/aromatic N) is 3. The second-order valence-electron chi connectivity index (χ2n) is 6.44. The number of para-hydroxylation sites is 1. The Hall–Kier alpha value is -2.43. The van der Waals surface area contributed by atoms with Crippen molar-refractivity contribution in [2.45, 2.75) is 29.8 Å². The fourth-order valence-electron chi connectivity index (χ4n) is 3.58. The van der Waals surface area contributed by atoms with Gasteiger partial charge < -0.3 is 4.74 Å². The number of hydrogen-bond donors (Lipinski definition) is 0. The number of hydrogen-bond acceptors (Lipinski definition) is 5. The highest BCUT2D eigenvalue weighted by molar-refractivity contribution is 7.89. The molecule has 0 saturated carbocycles. The lowest BCUT2D eigenvalue weighted by Gasteiger charge is -2.35. The van der Waals surface area contributed by atoms with Gasteiger partial charge in [0.25, 0.3) is 0 Å². The molecule has 2 aliphatic heterocycles. The highest BCUT2D eigenvalue weighted by atomic mass is 32.2. The van der Waals surface area contributed by atoms with Gasteiger partial charge in [-0.3, -0.25) is 0 Å². The number of benzene rings is 1. The smallest absolute Gasteiger partial charge is 0.246 e. The molecule has 1 aromatic carbocycles. The second-order valence-corrected chi connectivity index (χ2v) is 8.35. The standard InChI is InChI=1S/C18H17N3O3S/c19-12-15-17(6-3-10-20-15)25(22,23)21-11-9-18(13-21)8-7-14-4-1-2-5-16(14)24-18/h1-6,10H,7-9,11,13H2. The van der Waals surface area contributed by atoms with Crippen LogP contribution in [0.2, 0.25) is 0 Å². The van der Waals surface area contributed by atoms with Gasteiger partial charge in [-0.25, -0.2) is 13.4 Å². The van der Waals surface area contributed by atoms with E-state index >= 15 is 0 Å². The minimum absolute atomic E-state index is 0.0363. The highest BCUT2D eigenvalue weighted by Crippen LogP contribution is 2.40. The summed E-state index contributed by atoms with van der Waals surface area (Å²) in [5, 5.41) is 9.16. The monoisotopic (exact) mass is 355 g/mol. The van der Waals surface area contributed by atoms with Crippen molar-refractivity contribution >= 4 is 10.0 Å². The lowest BCUT2D eigenvalue weighted by molar-refractivity contribution is 0.0612. The fraction of sp³-hybridized carbons (Fsp3) is 0.333. The number of sulfonamides is 1. The number of aryl methyl sites for hydroxylation is 1. The molecule has 3 heterocycles. The Morgan fingerprint density at radius 3 is 2.88 bits per heavy atom. The van der Waals surface area contributed by atoms with Gasteiger partial charge in [-0.1, -0.05) is 18.2 Å². The molecule has 0 N–H and O–H groups in total. The molecule has 6 nitrogen and oxygen atoms in total. The third-order valence-corrected chi connectivity index (χ3v) is 6.80. The number of aromatic nitrogens is 1. The second kappa shape index (κ2) is 5.83. The van der Waals surface area contributed by atoms with E-state index in [0.717, 1.165) is 24.2 Å². The molecule has 128 valence electrons.